The molecule has 0 radical (unpaired) electrons. The van der Waals surface area contributed by atoms with Gasteiger partial charge in [-0.05, 0) is 45.8 Å². The second-order valence-electron chi connectivity index (χ2n) is 3.48. The van der Waals surface area contributed by atoms with Gasteiger partial charge in [-0.15, -0.1) is 0 Å². The highest BCUT2D eigenvalue weighted by Crippen LogP contribution is 2.21. The van der Waals surface area contributed by atoms with Gasteiger partial charge in [0.25, 0.3) is 0 Å². The number of nitrogens with one attached hydrogen (secondary N) is 1. The molecule has 0 spiro atoms. The average Bonchev–Trinajstić information content (AvgIpc) is 2.80. The average molecular weight is 362 g/mol. The van der Waals surface area contributed by atoms with Crippen molar-refractivity contribution in [1.82, 2.24) is 5.43 Å². The van der Waals surface area contributed by atoms with E-state index in [1.54, 1.807) is 24.3 Å². The summed E-state index contributed by atoms with van der Waals surface area (Å²) in [6.45, 7) is 0. The Hall–Kier alpha value is -1.30. The van der Waals surface area contributed by atoms with Crippen LogP contribution in [0.25, 0.3) is 0 Å². The lowest BCUT2D eigenvalue weighted by atomic mass is 10.2. The zero-order valence-electron chi connectivity index (χ0n) is 9.36. The summed E-state index contributed by atoms with van der Waals surface area (Å²) in [5.41, 5.74) is 3.05. The van der Waals surface area contributed by atoms with Crippen molar-refractivity contribution in [3.05, 3.63) is 56.4 Å². The molecular weight excluding hydrogens is 355 g/mol. The van der Waals surface area contributed by atoms with Crippen LogP contribution in [-0.4, -0.2) is 12.1 Å². The van der Waals surface area contributed by atoms with Gasteiger partial charge in [-0.1, -0.05) is 29.3 Å². The van der Waals surface area contributed by atoms with Gasteiger partial charge in [0.2, 0.25) is 0 Å². The predicted molar refractivity (Wildman–Crippen MR) is 77.9 cm³/mol. The van der Waals surface area contributed by atoms with Crippen LogP contribution in [0, 0.1) is 0 Å². The van der Waals surface area contributed by atoms with Crippen LogP contribution in [0.15, 0.2) is 44.5 Å². The maximum atomic E-state index is 11.6. The number of hydrogen-bond acceptors (Lipinski definition) is 3. The summed E-state index contributed by atoms with van der Waals surface area (Å²) >= 11 is 14.7. The molecule has 0 aliphatic rings. The van der Waals surface area contributed by atoms with E-state index in [9.17, 15) is 4.79 Å². The van der Waals surface area contributed by atoms with E-state index in [1.807, 2.05) is 0 Å². The minimum atomic E-state index is -0.443. The standard InChI is InChI=1S/C12H7BrCl2N2O2/c13-11-4-3-10(19-11)12(18)17-16-6-7-1-2-8(14)9(15)5-7/h1-6H,(H,17,18)/b16-6+. The van der Waals surface area contributed by atoms with E-state index < -0.39 is 5.91 Å². The molecule has 0 atom stereocenters. The van der Waals surface area contributed by atoms with Crippen molar-refractivity contribution in [2.45, 2.75) is 0 Å². The fourth-order valence-electron chi connectivity index (χ4n) is 1.25. The molecule has 0 aliphatic heterocycles. The summed E-state index contributed by atoms with van der Waals surface area (Å²) in [7, 11) is 0. The van der Waals surface area contributed by atoms with E-state index in [2.05, 4.69) is 26.5 Å². The van der Waals surface area contributed by atoms with Crippen molar-refractivity contribution in [3.8, 4) is 0 Å². The molecular formula is C12H7BrCl2N2O2. The van der Waals surface area contributed by atoms with E-state index >= 15 is 0 Å². The second-order valence-corrected chi connectivity index (χ2v) is 5.07. The van der Waals surface area contributed by atoms with E-state index in [-0.39, 0.29) is 5.76 Å². The molecule has 1 aromatic heterocycles. The molecule has 2 aromatic rings. The molecule has 0 bridgehead atoms. The molecule has 1 N–H and O–H groups in total. The maximum absolute atomic E-state index is 11.6. The smallest absolute Gasteiger partial charge is 0.307 e. The lowest BCUT2D eigenvalue weighted by molar-refractivity contribution is 0.0926. The molecule has 1 amide bonds. The Morgan fingerprint density at radius 2 is 2.05 bits per heavy atom. The van der Waals surface area contributed by atoms with Crippen molar-refractivity contribution >= 4 is 51.3 Å². The molecule has 7 heteroatoms. The molecule has 1 aromatic carbocycles. The number of halogens is 3. The number of amides is 1. The van der Waals surface area contributed by atoms with Crippen molar-refractivity contribution in [1.29, 1.82) is 0 Å². The Morgan fingerprint density at radius 1 is 1.26 bits per heavy atom. The van der Waals surface area contributed by atoms with Gasteiger partial charge >= 0.3 is 5.91 Å². The lowest BCUT2D eigenvalue weighted by Gasteiger charge is -1.98. The van der Waals surface area contributed by atoms with Crippen LogP contribution >= 0.6 is 39.1 Å². The second kappa shape index (κ2) is 6.23. The quantitative estimate of drug-likeness (QED) is 0.660. The fraction of sp³-hybridized carbons (Fsp3) is 0. The first-order chi connectivity index (χ1) is 9.06. The summed E-state index contributed by atoms with van der Waals surface area (Å²) in [5.74, 6) is -0.278. The molecule has 4 nitrogen and oxygen atoms in total. The van der Waals surface area contributed by atoms with Crippen LogP contribution < -0.4 is 5.43 Å². The van der Waals surface area contributed by atoms with Gasteiger partial charge in [-0.2, -0.15) is 5.10 Å². The van der Waals surface area contributed by atoms with Crippen LogP contribution in [0.5, 0.6) is 0 Å². The molecule has 19 heavy (non-hydrogen) atoms. The largest absolute Gasteiger partial charge is 0.444 e. The highest BCUT2D eigenvalue weighted by molar-refractivity contribution is 9.10. The van der Waals surface area contributed by atoms with Crippen molar-refractivity contribution in [3.63, 3.8) is 0 Å². The number of carbonyl (C=O) groups is 1. The molecule has 0 saturated carbocycles. The minimum absolute atomic E-state index is 0.165. The highest BCUT2D eigenvalue weighted by Gasteiger charge is 2.08. The molecule has 98 valence electrons. The Bertz CT molecular complexity index is 640. The number of nitrogens with zero attached hydrogens (tertiary/aromatic N) is 1. The first kappa shape index (κ1) is 14.1. The van der Waals surface area contributed by atoms with Gasteiger partial charge < -0.3 is 4.42 Å². The third-order valence-corrected chi connectivity index (χ3v) is 3.29. The maximum Gasteiger partial charge on any atom is 0.307 e. The Labute approximate surface area is 127 Å². The van der Waals surface area contributed by atoms with E-state index in [0.29, 0.717) is 14.7 Å². The summed E-state index contributed by atoms with van der Waals surface area (Å²) in [5, 5.41) is 4.68. The Kier molecular flexibility index (Phi) is 4.63. The molecule has 2 rings (SSSR count). The number of rotatable bonds is 3. The summed E-state index contributed by atoms with van der Waals surface area (Å²) < 4.78 is 5.55. The molecule has 1 heterocycles. The fourth-order valence-corrected chi connectivity index (χ4v) is 1.86. The SMILES string of the molecule is O=C(N/N=C/c1ccc(Cl)c(Cl)c1)c1ccc(Br)o1. The zero-order valence-corrected chi connectivity index (χ0v) is 12.5. The molecule has 0 fully saturated rings. The Balaban J connectivity index is 2.00. The highest BCUT2D eigenvalue weighted by atomic mass is 79.9. The first-order valence-electron chi connectivity index (χ1n) is 5.10. The van der Waals surface area contributed by atoms with Crippen LogP contribution in [0.3, 0.4) is 0 Å². The first-order valence-corrected chi connectivity index (χ1v) is 6.65. The number of hydrazone groups is 1. The number of benzene rings is 1. The predicted octanol–water partition coefficient (Wildman–Crippen LogP) is 4.11. The zero-order chi connectivity index (χ0) is 13.8. The van der Waals surface area contributed by atoms with Gasteiger partial charge in [-0.3, -0.25) is 4.79 Å². The third kappa shape index (κ3) is 3.83. The van der Waals surface area contributed by atoms with Crippen molar-refractivity contribution in [2.24, 2.45) is 5.10 Å². The van der Waals surface area contributed by atoms with Crippen LogP contribution in [0.4, 0.5) is 0 Å². The van der Waals surface area contributed by atoms with Gasteiger partial charge in [0.1, 0.15) is 0 Å². The lowest BCUT2D eigenvalue weighted by Crippen LogP contribution is -2.16. The summed E-state index contributed by atoms with van der Waals surface area (Å²) in [6.07, 6.45) is 1.46. The van der Waals surface area contributed by atoms with E-state index in [1.165, 1.54) is 12.3 Å². The molecule has 0 saturated heterocycles. The summed E-state index contributed by atoms with van der Waals surface area (Å²) in [6, 6.07) is 8.18. The number of furan rings is 1. The monoisotopic (exact) mass is 360 g/mol. The Morgan fingerprint density at radius 3 is 2.68 bits per heavy atom. The van der Waals surface area contributed by atoms with Gasteiger partial charge in [-0.25, -0.2) is 5.43 Å². The van der Waals surface area contributed by atoms with Crippen molar-refractivity contribution in [2.75, 3.05) is 0 Å². The summed E-state index contributed by atoms with van der Waals surface area (Å²) in [4.78, 5) is 11.6. The van der Waals surface area contributed by atoms with E-state index in [0.717, 1.165) is 5.56 Å². The molecule has 0 unspecified atom stereocenters. The normalized spacial score (nSPS) is 10.9. The minimum Gasteiger partial charge on any atom is -0.444 e. The van der Waals surface area contributed by atoms with Crippen LogP contribution in [0.2, 0.25) is 10.0 Å². The van der Waals surface area contributed by atoms with E-state index in [4.69, 9.17) is 27.6 Å². The van der Waals surface area contributed by atoms with Gasteiger partial charge in [0, 0.05) is 0 Å². The van der Waals surface area contributed by atoms with Crippen LogP contribution in [0.1, 0.15) is 16.1 Å². The number of hydrogen-bond donors (Lipinski definition) is 1. The van der Waals surface area contributed by atoms with Gasteiger partial charge in [0.05, 0.1) is 16.3 Å². The number of carbonyl (C=O) groups excluding carboxylic acids is 1. The third-order valence-electron chi connectivity index (χ3n) is 2.12. The van der Waals surface area contributed by atoms with Crippen molar-refractivity contribution < 1.29 is 9.21 Å². The van der Waals surface area contributed by atoms with Gasteiger partial charge in [0.15, 0.2) is 10.4 Å². The van der Waals surface area contributed by atoms with Crippen LogP contribution in [-0.2, 0) is 0 Å². The topological polar surface area (TPSA) is 54.6 Å². The molecule has 0 aliphatic carbocycles.